The average Bonchev–Trinajstić information content (AvgIpc) is 2.99. The molecule has 0 aliphatic heterocycles. The predicted molar refractivity (Wildman–Crippen MR) is 75.5 cm³/mol. The van der Waals surface area contributed by atoms with Crippen LogP contribution >= 0.6 is 11.3 Å². The van der Waals surface area contributed by atoms with E-state index in [9.17, 15) is 4.79 Å². The summed E-state index contributed by atoms with van der Waals surface area (Å²) in [6.45, 7) is 0. The third-order valence-electron chi connectivity index (χ3n) is 3.53. The molecule has 1 N–H and O–H groups in total. The molecule has 4 nitrogen and oxygen atoms in total. The van der Waals surface area contributed by atoms with Crippen molar-refractivity contribution in [3.8, 4) is 11.4 Å². The molecule has 5 heteroatoms. The molecule has 3 aromatic heterocycles. The normalized spacial score (nSPS) is 13.9. The lowest BCUT2D eigenvalue weighted by Crippen LogP contribution is -2.09. The van der Waals surface area contributed by atoms with E-state index in [1.807, 2.05) is 12.1 Å². The number of hydrogen-bond donors (Lipinski definition) is 1. The maximum atomic E-state index is 12.3. The first-order valence-corrected chi connectivity index (χ1v) is 7.09. The predicted octanol–water partition coefficient (Wildman–Crippen LogP) is 2.54. The Balaban J connectivity index is 2.00. The fourth-order valence-electron chi connectivity index (χ4n) is 2.65. The number of nitrogens with zero attached hydrogens (tertiary/aromatic N) is 2. The van der Waals surface area contributed by atoms with Crippen LogP contribution < -0.4 is 5.56 Å². The van der Waals surface area contributed by atoms with Crippen LogP contribution in [0.5, 0.6) is 0 Å². The smallest absolute Gasteiger partial charge is 0.260 e. The van der Waals surface area contributed by atoms with Crippen molar-refractivity contribution in [3.63, 3.8) is 0 Å². The highest BCUT2D eigenvalue weighted by molar-refractivity contribution is 7.18. The molecule has 3 aromatic rings. The number of fused-ring (bicyclic) bond motifs is 3. The molecule has 1 aliphatic rings. The second-order valence-electron chi connectivity index (χ2n) is 4.69. The van der Waals surface area contributed by atoms with E-state index >= 15 is 0 Å². The Morgan fingerprint density at radius 3 is 2.89 bits per heavy atom. The lowest BCUT2D eigenvalue weighted by molar-refractivity contribution is 0.916. The second-order valence-corrected chi connectivity index (χ2v) is 5.77. The quantitative estimate of drug-likeness (QED) is 0.738. The molecular formula is C14H11N3OS. The number of H-pyrrole nitrogens is 1. The van der Waals surface area contributed by atoms with Crippen LogP contribution in [0.25, 0.3) is 21.6 Å². The van der Waals surface area contributed by atoms with Crippen LogP contribution in [0.15, 0.2) is 29.3 Å². The summed E-state index contributed by atoms with van der Waals surface area (Å²) in [5, 5.41) is 0.801. The van der Waals surface area contributed by atoms with E-state index in [-0.39, 0.29) is 5.56 Å². The second kappa shape index (κ2) is 3.99. The van der Waals surface area contributed by atoms with Gasteiger partial charge in [-0.2, -0.15) is 0 Å². The van der Waals surface area contributed by atoms with Crippen molar-refractivity contribution in [3.05, 3.63) is 45.3 Å². The van der Waals surface area contributed by atoms with Crippen LogP contribution in [0.2, 0.25) is 0 Å². The Labute approximate surface area is 113 Å². The summed E-state index contributed by atoms with van der Waals surface area (Å²) in [6, 6.07) is 3.71. The summed E-state index contributed by atoms with van der Waals surface area (Å²) in [5.74, 6) is 0.625. The van der Waals surface area contributed by atoms with Gasteiger partial charge in [0.2, 0.25) is 0 Å². The maximum Gasteiger partial charge on any atom is 0.260 e. The van der Waals surface area contributed by atoms with Gasteiger partial charge < -0.3 is 4.98 Å². The molecule has 0 spiro atoms. The third-order valence-corrected chi connectivity index (χ3v) is 4.71. The molecule has 0 atom stereocenters. The van der Waals surface area contributed by atoms with Gasteiger partial charge in [0.1, 0.15) is 10.7 Å². The van der Waals surface area contributed by atoms with Crippen molar-refractivity contribution in [1.29, 1.82) is 0 Å². The summed E-state index contributed by atoms with van der Waals surface area (Å²) in [5.41, 5.74) is 2.09. The minimum absolute atomic E-state index is 0.0174. The minimum Gasteiger partial charge on any atom is -0.306 e. The van der Waals surface area contributed by atoms with Crippen molar-refractivity contribution in [2.24, 2.45) is 0 Å². The Morgan fingerprint density at radius 2 is 2.05 bits per heavy atom. The zero-order valence-electron chi connectivity index (χ0n) is 10.1. The van der Waals surface area contributed by atoms with E-state index in [1.165, 1.54) is 10.4 Å². The fourth-order valence-corrected chi connectivity index (χ4v) is 3.91. The molecule has 0 bridgehead atoms. The van der Waals surface area contributed by atoms with Crippen LogP contribution in [0.3, 0.4) is 0 Å². The summed E-state index contributed by atoms with van der Waals surface area (Å²) in [7, 11) is 0. The van der Waals surface area contributed by atoms with Gasteiger partial charge in [-0.1, -0.05) is 0 Å². The van der Waals surface area contributed by atoms with Crippen LogP contribution in [0.1, 0.15) is 16.9 Å². The highest BCUT2D eigenvalue weighted by atomic mass is 32.1. The molecule has 0 saturated heterocycles. The van der Waals surface area contributed by atoms with Gasteiger partial charge in [-0.25, -0.2) is 4.98 Å². The minimum atomic E-state index is -0.0174. The summed E-state index contributed by atoms with van der Waals surface area (Å²) in [4.78, 5) is 26.0. The number of nitrogens with one attached hydrogen (secondary N) is 1. The number of pyridine rings is 1. The molecule has 19 heavy (non-hydrogen) atoms. The SMILES string of the molecule is O=c1[nH]c(-c2ccncc2)nc2sc3c(c12)CCC3. The third kappa shape index (κ3) is 1.62. The van der Waals surface area contributed by atoms with Gasteiger partial charge >= 0.3 is 0 Å². The first kappa shape index (κ1) is 10.9. The molecule has 0 amide bonds. The molecule has 4 rings (SSSR count). The number of aryl methyl sites for hydroxylation is 2. The first-order valence-electron chi connectivity index (χ1n) is 6.28. The lowest BCUT2D eigenvalue weighted by Gasteiger charge is -2.00. The molecule has 1 aliphatic carbocycles. The maximum absolute atomic E-state index is 12.3. The van der Waals surface area contributed by atoms with Gasteiger partial charge in [0.25, 0.3) is 5.56 Å². The largest absolute Gasteiger partial charge is 0.306 e. The molecular weight excluding hydrogens is 258 g/mol. The molecule has 0 radical (unpaired) electrons. The summed E-state index contributed by atoms with van der Waals surface area (Å²) >= 11 is 1.66. The van der Waals surface area contributed by atoms with E-state index < -0.39 is 0 Å². The van der Waals surface area contributed by atoms with E-state index in [1.54, 1.807) is 23.7 Å². The van der Waals surface area contributed by atoms with Crippen LogP contribution in [-0.2, 0) is 12.8 Å². The Hall–Kier alpha value is -2.01. The molecule has 0 unspecified atom stereocenters. The Morgan fingerprint density at radius 1 is 1.21 bits per heavy atom. The van der Waals surface area contributed by atoms with Crippen LogP contribution in [-0.4, -0.2) is 15.0 Å². The van der Waals surface area contributed by atoms with Gasteiger partial charge in [0, 0.05) is 22.8 Å². The zero-order valence-corrected chi connectivity index (χ0v) is 11.0. The van der Waals surface area contributed by atoms with Crippen LogP contribution in [0.4, 0.5) is 0 Å². The van der Waals surface area contributed by atoms with E-state index in [4.69, 9.17) is 0 Å². The highest BCUT2D eigenvalue weighted by Gasteiger charge is 2.21. The molecule has 0 saturated carbocycles. The average molecular weight is 269 g/mol. The summed E-state index contributed by atoms with van der Waals surface area (Å²) in [6.07, 6.45) is 6.65. The Bertz CT molecular complexity index is 820. The van der Waals surface area contributed by atoms with Gasteiger partial charge in [0.05, 0.1) is 5.39 Å². The standard InChI is InChI=1S/C14H11N3OS/c18-13-11-9-2-1-3-10(9)19-14(11)17-12(16-13)8-4-6-15-7-5-8/h4-7H,1-3H2,(H,16,17,18). The number of hydrogen-bond acceptors (Lipinski definition) is 4. The number of aromatic amines is 1. The van der Waals surface area contributed by atoms with Gasteiger partial charge in [0.15, 0.2) is 0 Å². The Kier molecular flexibility index (Phi) is 2.29. The van der Waals surface area contributed by atoms with E-state index in [0.717, 1.165) is 35.0 Å². The van der Waals surface area contributed by atoms with Crippen molar-refractivity contribution < 1.29 is 0 Å². The van der Waals surface area contributed by atoms with Crippen molar-refractivity contribution in [2.45, 2.75) is 19.3 Å². The van der Waals surface area contributed by atoms with Crippen molar-refractivity contribution in [2.75, 3.05) is 0 Å². The number of thiophene rings is 1. The first-order chi connectivity index (χ1) is 9.33. The molecule has 3 heterocycles. The number of aromatic nitrogens is 3. The fraction of sp³-hybridized carbons (Fsp3) is 0.214. The lowest BCUT2D eigenvalue weighted by atomic mass is 10.2. The molecule has 0 fully saturated rings. The van der Waals surface area contributed by atoms with E-state index in [0.29, 0.717) is 5.82 Å². The number of rotatable bonds is 1. The summed E-state index contributed by atoms with van der Waals surface area (Å²) < 4.78 is 0. The monoisotopic (exact) mass is 269 g/mol. The van der Waals surface area contributed by atoms with E-state index in [2.05, 4.69) is 15.0 Å². The highest BCUT2D eigenvalue weighted by Crippen LogP contribution is 2.35. The van der Waals surface area contributed by atoms with Crippen LogP contribution in [0, 0.1) is 0 Å². The van der Waals surface area contributed by atoms with Crippen molar-refractivity contribution >= 4 is 21.6 Å². The molecule has 94 valence electrons. The van der Waals surface area contributed by atoms with Gasteiger partial charge in [-0.15, -0.1) is 11.3 Å². The zero-order chi connectivity index (χ0) is 12.8. The van der Waals surface area contributed by atoms with Crippen molar-refractivity contribution in [1.82, 2.24) is 15.0 Å². The van der Waals surface area contributed by atoms with Gasteiger partial charge in [-0.3, -0.25) is 9.78 Å². The topological polar surface area (TPSA) is 58.6 Å². The van der Waals surface area contributed by atoms with Gasteiger partial charge in [-0.05, 0) is 37.0 Å². The molecule has 0 aromatic carbocycles.